The van der Waals surface area contributed by atoms with Crippen LogP contribution in [0.4, 0.5) is 0 Å². The molecule has 19 heavy (non-hydrogen) atoms. The molecule has 0 unspecified atom stereocenters. The smallest absolute Gasteiger partial charge is 0.0890 e. The third-order valence-corrected chi connectivity index (χ3v) is 3.52. The van der Waals surface area contributed by atoms with Gasteiger partial charge in [-0.05, 0) is 31.5 Å². The van der Waals surface area contributed by atoms with E-state index in [1.54, 1.807) is 0 Å². The molecule has 0 saturated carbocycles. The zero-order valence-electron chi connectivity index (χ0n) is 11.2. The molecule has 2 aromatic rings. The van der Waals surface area contributed by atoms with Crippen molar-refractivity contribution in [3.8, 4) is 0 Å². The normalized spacial score (nSPS) is 19.4. The zero-order chi connectivity index (χ0) is 13.1. The monoisotopic (exact) mass is 257 g/mol. The molecule has 1 aliphatic heterocycles. The summed E-state index contributed by atoms with van der Waals surface area (Å²) in [6, 6.07) is 7.99. The molecule has 0 radical (unpaired) electrons. The van der Waals surface area contributed by atoms with E-state index in [1.165, 1.54) is 6.42 Å². The van der Waals surface area contributed by atoms with Crippen LogP contribution in [0.5, 0.6) is 0 Å². The van der Waals surface area contributed by atoms with E-state index in [-0.39, 0.29) is 0 Å². The number of aromatic nitrogens is 2. The largest absolute Gasteiger partial charge is 0.381 e. The van der Waals surface area contributed by atoms with Crippen molar-refractivity contribution in [2.45, 2.75) is 13.0 Å². The van der Waals surface area contributed by atoms with Gasteiger partial charge in [0.25, 0.3) is 0 Å². The Kier molecular flexibility index (Phi) is 3.71. The van der Waals surface area contributed by atoms with Crippen LogP contribution in [-0.2, 0) is 11.3 Å². The lowest BCUT2D eigenvalue weighted by Crippen LogP contribution is -2.26. The average molecular weight is 257 g/mol. The Labute approximate surface area is 113 Å². The predicted molar refractivity (Wildman–Crippen MR) is 74.8 cm³/mol. The molecule has 1 aliphatic rings. The average Bonchev–Trinajstić information content (AvgIpc) is 2.91. The van der Waals surface area contributed by atoms with E-state index in [1.807, 2.05) is 30.5 Å². The topological polar surface area (TPSA) is 38.2 Å². The lowest BCUT2D eigenvalue weighted by atomic mass is 10.1. The van der Waals surface area contributed by atoms with Crippen LogP contribution in [-0.4, -0.2) is 41.7 Å². The maximum atomic E-state index is 5.41. The summed E-state index contributed by atoms with van der Waals surface area (Å²) < 4.78 is 5.41. The van der Waals surface area contributed by atoms with Gasteiger partial charge in [0.15, 0.2) is 0 Å². The van der Waals surface area contributed by atoms with Crippen LogP contribution in [0, 0.1) is 5.92 Å². The first-order chi connectivity index (χ1) is 9.31. The minimum atomic E-state index is 0.665. The Hall–Kier alpha value is -1.52. The third kappa shape index (κ3) is 3.08. The van der Waals surface area contributed by atoms with Gasteiger partial charge in [-0.25, -0.2) is 4.98 Å². The van der Waals surface area contributed by atoms with Gasteiger partial charge in [-0.2, -0.15) is 0 Å². The van der Waals surface area contributed by atoms with Crippen LogP contribution in [0.2, 0.25) is 0 Å². The molecule has 100 valence electrons. The summed E-state index contributed by atoms with van der Waals surface area (Å²) in [5.74, 6) is 0.665. The maximum absolute atomic E-state index is 5.41. The van der Waals surface area contributed by atoms with Crippen molar-refractivity contribution in [2.24, 2.45) is 5.92 Å². The molecule has 1 saturated heterocycles. The van der Waals surface area contributed by atoms with Crippen LogP contribution in [0.1, 0.15) is 12.1 Å². The Bertz CT molecular complexity index is 552. The van der Waals surface area contributed by atoms with Crippen LogP contribution in [0.15, 0.2) is 30.5 Å². The van der Waals surface area contributed by atoms with Gasteiger partial charge in [0, 0.05) is 19.7 Å². The fourth-order valence-corrected chi connectivity index (χ4v) is 2.58. The highest BCUT2D eigenvalue weighted by atomic mass is 16.5. The van der Waals surface area contributed by atoms with Gasteiger partial charge in [0.2, 0.25) is 0 Å². The summed E-state index contributed by atoms with van der Waals surface area (Å²) in [7, 11) is 2.13. The van der Waals surface area contributed by atoms with Crippen LogP contribution < -0.4 is 0 Å². The molecule has 4 nitrogen and oxygen atoms in total. The minimum absolute atomic E-state index is 0.665. The van der Waals surface area contributed by atoms with Crippen LogP contribution in [0.3, 0.4) is 0 Å². The second kappa shape index (κ2) is 5.63. The third-order valence-electron chi connectivity index (χ3n) is 3.52. The van der Waals surface area contributed by atoms with Crippen molar-refractivity contribution < 1.29 is 4.74 Å². The molecule has 3 rings (SSSR count). The highest BCUT2D eigenvalue weighted by Crippen LogP contribution is 2.15. The van der Waals surface area contributed by atoms with Gasteiger partial charge in [-0.1, -0.05) is 12.1 Å². The van der Waals surface area contributed by atoms with Crippen molar-refractivity contribution in [1.82, 2.24) is 14.9 Å². The van der Waals surface area contributed by atoms with Gasteiger partial charge in [0.05, 0.1) is 29.5 Å². The van der Waals surface area contributed by atoms with Crippen molar-refractivity contribution >= 4 is 11.0 Å². The molecule has 0 amide bonds. The molecule has 1 aromatic heterocycles. The van der Waals surface area contributed by atoms with E-state index in [9.17, 15) is 0 Å². The van der Waals surface area contributed by atoms with E-state index in [2.05, 4.69) is 21.9 Å². The summed E-state index contributed by atoms with van der Waals surface area (Å²) >= 11 is 0. The van der Waals surface area contributed by atoms with Crippen molar-refractivity contribution in [3.63, 3.8) is 0 Å². The van der Waals surface area contributed by atoms with E-state index < -0.39 is 0 Å². The summed E-state index contributed by atoms with van der Waals surface area (Å²) in [6.45, 7) is 3.71. The molecular weight excluding hydrogens is 238 g/mol. The molecule has 1 aromatic carbocycles. The van der Waals surface area contributed by atoms with E-state index in [0.29, 0.717) is 5.92 Å². The van der Waals surface area contributed by atoms with Crippen molar-refractivity contribution in [3.05, 3.63) is 36.2 Å². The SMILES string of the molecule is CN(Cc1cnc2ccccc2n1)C[C@@H]1CCOC1. The molecule has 1 fully saturated rings. The molecule has 0 N–H and O–H groups in total. The molecular formula is C15H19N3O. The van der Waals surface area contributed by atoms with Crippen LogP contribution >= 0.6 is 0 Å². The lowest BCUT2D eigenvalue weighted by Gasteiger charge is -2.19. The number of rotatable bonds is 4. The van der Waals surface area contributed by atoms with Gasteiger partial charge in [0.1, 0.15) is 0 Å². The van der Waals surface area contributed by atoms with E-state index in [4.69, 9.17) is 4.74 Å². The summed E-state index contributed by atoms with van der Waals surface area (Å²) in [6.07, 6.45) is 3.05. The van der Waals surface area contributed by atoms with Gasteiger partial charge in [-0.3, -0.25) is 4.98 Å². The number of ether oxygens (including phenoxy) is 1. The molecule has 0 bridgehead atoms. The van der Waals surface area contributed by atoms with E-state index >= 15 is 0 Å². The maximum Gasteiger partial charge on any atom is 0.0890 e. The highest BCUT2D eigenvalue weighted by Gasteiger charge is 2.17. The molecule has 1 atom stereocenters. The Morgan fingerprint density at radius 1 is 1.32 bits per heavy atom. The summed E-state index contributed by atoms with van der Waals surface area (Å²) in [5.41, 5.74) is 2.95. The first-order valence-corrected chi connectivity index (χ1v) is 6.78. The highest BCUT2D eigenvalue weighted by molar-refractivity contribution is 5.73. The standard InChI is InChI=1S/C15H19N3O/c1-18(9-12-6-7-19-11-12)10-13-8-16-14-4-2-3-5-15(14)17-13/h2-5,8,12H,6-7,9-11H2,1H3/t12-/m0/s1. The van der Waals surface area contributed by atoms with Crippen molar-refractivity contribution in [2.75, 3.05) is 26.8 Å². The zero-order valence-corrected chi connectivity index (χ0v) is 11.2. The first-order valence-electron chi connectivity index (χ1n) is 6.78. The lowest BCUT2D eigenvalue weighted by molar-refractivity contribution is 0.172. The summed E-state index contributed by atoms with van der Waals surface area (Å²) in [5, 5.41) is 0. The quantitative estimate of drug-likeness (QED) is 0.840. The number of hydrogen-bond donors (Lipinski definition) is 0. The number of fused-ring (bicyclic) bond motifs is 1. The number of nitrogens with zero attached hydrogens (tertiary/aromatic N) is 3. The first kappa shape index (κ1) is 12.5. The second-order valence-corrected chi connectivity index (χ2v) is 5.28. The molecule has 0 aliphatic carbocycles. The minimum Gasteiger partial charge on any atom is -0.381 e. The number of benzene rings is 1. The Morgan fingerprint density at radius 3 is 2.95 bits per heavy atom. The predicted octanol–water partition coefficient (Wildman–Crippen LogP) is 2.10. The molecule has 2 heterocycles. The van der Waals surface area contributed by atoms with E-state index in [0.717, 1.165) is 43.0 Å². The Morgan fingerprint density at radius 2 is 2.16 bits per heavy atom. The summed E-state index contributed by atoms with van der Waals surface area (Å²) in [4.78, 5) is 11.4. The second-order valence-electron chi connectivity index (χ2n) is 5.28. The fourth-order valence-electron chi connectivity index (χ4n) is 2.58. The Balaban J connectivity index is 1.66. The van der Waals surface area contributed by atoms with Gasteiger partial charge in [-0.15, -0.1) is 0 Å². The molecule has 0 spiro atoms. The van der Waals surface area contributed by atoms with Gasteiger partial charge < -0.3 is 9.64 Å². The molecule has 4 heteroatoms. The fraction of sp³-hybridized carbons (Fsp3) is 0.467. The number of para-hydroxylation sites is 2. The van der Waals surface area contributed by atoms with Gasteiger partial charge >= 0.3 is 0 Å². The van der Waals surface area contributed by atoms with Crippen LogP contribution in [0.25, 0.3) is 11.0 Å². The van der Waals surface area contributed by atoms with Crippen molar-refractivity contribution in [1.29, 1.82) is 0 Å². The number of hydrogen-bond acceptors (Lipinski definition) is 4.